The minimum atomic E-state index is -1.02. The Bertz CT molecular complexity index is 823. The van der Waals surface area contributed by atoms with E-state index in [0.29, 0.717) is 11.3 Å². The predicted octanol–water partition coefficient (Wildman–Crippen LogP) is 1.92. The average molecular weight is 252 g/mol. The van der Waals surface area contributed by atoms with Crippen LogP contribution in [0.25, 0.3) is 16.6 Å². The van der Waals surface area contributed by atoms with Gasteiger partial charge in [0.1, 0.15) is 6.07 Å². The zero-order chi connectivity index (χ0) is 13.4. The van der Waals surface area contributed by atoms with Gasteiger partial charge in [-0.2, -0.15) is 10.4 Å². The number of nitrogens with one attached hydrogen (secondary N) is 1. The summed E-state index contributed by atoms with van der Waals surface area (Å²) in [4.78, 5) is 13.8. The lowest BCUT2D eigenvalue weighted by Crippen LogP contribution is -1.95. The van der Waals surface area contributed by atoms with Crippen LogP contribution in [0.1, 0.15) is 15.9 Å². The van der Waals surface area contributed by atoms with Crippen molar-refractivity contribution < 1.29 is 9.90 Å². The number of carboxylic acid groups (broad SMARTS) is 1. The van der Waals surface area contributed by atoms with E-state index in [9.17, 15) is 4.79 Å². The van der Waals surface area contributed by atoms with Crippen LogP contribution in [0.15, 0.2) is 36.8 Å². The first-order valence-corrected chi connectivity index (χ1v) is 5.48. The summed E-state index contributed by atoms with van der Waals surface area (Å²) in [7, 11) is 0. The van der Waals surface area contributed by atoms with Gasteiger partial charge in [-0.1, -0.05) is 0 Å². The minimum Gasteiger partial charge on any atom is -0.478 e. The number of aromatic amines is 1. The maximum absolute atomic E-state index is 10.8. The lowest BCUT2D eigenvalue weighted by atomic mass is 10.1. The van der Waals surface area contributed by atoms with Gasteiger partial charge in [-0.3, -0.25) is 0 Å². The molecule has 92 valence electrons. The van der Waals surface area contributed by atoms with E-state index in [0.717, 1.165) is 10.9 Å². The topological polar surface area (TPSA) is 94.7 Å². The van der Waals surface area contributed by atoms with Crippen molar-refractivity contribution in [3.05, 3.63) is 47.9 Å². The van der Waals surface area contributed by atoms with E-state index in [2.05, 4.69) is 16.2 Å². The van der Waals surface area contributed by atoms with Crippen molar-refractivity contribution in [3.8, 4) is 11.8 Å². The molecule has 0 bridgehead atoms. The maximum Gasteiger partial charge on any atom is 0.338 e. The fraction of sp³-hybridized carbons (Fsp3) is 0. The van der Waals surface area contributed by atoms with Gasteiger partial charge < -0.3 is 10.1 Å². The highest BCUT2D eigenvalue weighted by Gasteiger charge is 2.09. The average Bonchev–Trinajstić information content (AvgIpc) is 3.04. The summed E-state index contributed by atoms with van der Waals surface area (Å²) >= 11 is 0. The smallest absolute Gasteiger partial charge is 0.338 e. The summed E-state index contributed by atoms with van der Waals surface area (Å²) in [5.74, 6) is -1.02. The maximum atomic E-state index is 10.8. The van der Waals surface area contributed by atoms with Crippen LogP contribution < -0.4 is 0 Å². The summed E-state index contributed by atoms with van der Waals surface area (Å²) in [5, 5.41) is 22.6. The normalized spacial score (nSPS) is 10.5. The number of fused-ring (bicyclic) bond motifs is 1. The largest absolute Gasteiger partial charge is 0.478 e. The molecule has 0 aliphatic rings. The minimum absolute atomic E-state index is 0.120. The molecule has 3 aromatic rings. The molecular weight excluding hydrogens is 244 g/mol. The molecule has 2 N–H and O–H groups in total. The Balaban J connectivity index is 2.14. The fourth-order valence-corrected chi connectivity index (χ4v) is 1.92. The number of aromatic carboxylic acids is 1. The molecule has 0 saturated carbocycles. The van der Waals surface area contributed by atoms with Gasteiger partial charge in [0, 0.05) is 23.3 Å². The van der Waals surface area contributed by atoms with Crippen molar-refractivity contribution >= 4 is 16.9 Å². The number of H-pyrrole nitrogens is 1. The third kappa shape index (κ3) is 1.73. The lowest BCUT2D eigenvalue weighted by molar-refractivity contribution is 0.0697. The second kappa shape index (κ2) is 3.99. The van der Waals surface area contributed by atoms with Crippen LogP contribution in [0.2, 0.25) is 0 Å². The summed E-state index contributed by atoms with van der Waals surface area (Å²) in [6.07, 6.45) is 4.36. The molecule has 0 radical (unpaired) electrons. The van der Waals surface area contributed by atoms with Gasteiger partial charge in [0.2, 0.25) is 0 Å². The van der Waals surface area contributed by atoms with Gasteiger partial charge in [0.15, 0.2) is 0 Å². The summed E-state index contributed by atoms with van der Waals surface area (Å²) < 4.78 is 1.47. The SMILES string of the molecule is N#Cc1c[nH]c2ccc(-n3cc(C(=O)O)cn3)cc12. The van der Waals surface area contributed by atoms with Gasteiger partial charge in [0.25, 0.3) is 0 Å². The standard InChI is InChI=1S/C13H8N4O2/c14-4-8-5-15-12-2-1-10(3-11(8)12)17-7-9(6-16-17)13(18)19/h1-3,5-7,15H,(H,18,19). The number of nitrogens with zero attached hydrogens (tertiary/aromatic N) is 3. The Morgan fingerprint density at radius 3 is 3.00 bits per heavy atom. The molecule has 0 saturated heterocycles. The highest BCUT2D eigenvalue weighted by Crippen LogP contribution is 2.21. The number of carboxylic acids is 1. The number of carbonyl (C=O) groups is 1. The molecule has 0 unspecified atom stereocenters. The Labute approximate surface area is 107 Å². The molecule has 2 heterocycles. The second-order valence-electron chi connectivity index (χ2n) is 4.02. The zero-order valence-electron chi connectivity index (χ0n) is 9.66. The molecular formula is C13H8N4O2. The van der Waals surface area contributed by atoms with Crippen molar-refractivity contribution in [2.45, 2.75) is 0 Å². The van der Waals surface area contributed by atoms with Gasteiger partial charge in [-0.25, -0.2) is 9.48 Å². The molecule has 0 atom stereocenters. The first kappa shape index (κ1) is 11.0. The third-order valence-corrected chi connectivity index (χ3v) is 2.88. The van der Waals surface area contributed by atoms with Crippen LogP contribution in [0, 0.1) is 11.3 Å². The molecule has 0 spiro atoms. The molecule has 0 fully saturated rings. The first-order chi connectivity index (χ1) is 9.19. The van der Waals surface area contributed by atoms with E-state index in [4.69, 9.17) is 10.4 Å². The Hall–Kier alpha value is -3.07. The summed E-state index contributed by atoms with van der Waals surface area (Å²) in [5.41, 5.74) is 2.22. The Morgan fingerprint density at radius 1 is 1.47 bits per heavy atom. The first-order valence-electron chi connectivity index (χ1n) is 5.48. The van der Waals surface area contributed by atoms with Gasteiger partial charge in [-0.05, 0) is 18.2 Å². The van der Waals surface area contributed by atoms with E-state index in [1.807, 2.05) is 6.07 Å². The molecule has 2 aromatic heterocycles. The highest BCUT2D eigenvalue weighted by atomic mass is 16.4. The van der Waals surface area contributed by atoms with E-state index in [1.165, 1.54) is 17.1 Å². The van der Waals surface area contributed by atoms with Crippen LogP contribution in [-0.2, 0) is 0 Å². The fourth-order valence-electron chi connectivity index (χ4n) is 1.92. The van der Waals surface area contributed by atoms with Crippen LogP contribution in [-0.4, -0.2) is 25.8 Å². The monoisotopic (exact) mass is 252 g/mol. The number of nitriles is 1. The van der Waals surface area contributed by atoms with Crippen molar-refractivity contribution in [2.75, 3.05) is 0 Å². The van der Waals surface area contributed by atoms with Crippen molar-refractivity contribution in [2.24, 2.45) is 0 Å². The third-order valence-electron chi connectivity index (χ3n) is 2.88. The van der Waals surface area contributed by atoms with Crippen LogP contribution in [0.3, 0.4) is 0 Å². The van der Waals surface area contributed by atoms with E-state index < -0.39 is 5.97 Å². The molecule has 0 aliphatic heterocycles. The summed E-state index contributed by atoms with van der Waals surface area (Å²) in [6.45, 7) is 0. The second-order valence-corrected chi connectivity index (χ2v) is 4.02. The molecule has 6 nitrogen and oxygen atoms in total. The molecule has 0 amide bonds. The number of rotatable bonds is 2. The quantitative estimate of drug-likeness (QED) is 0.728. The van der Waals surface area contributed by atoms with Crippen molar-refractivity contribution in [3.63, 3.8) is 0 Å². The molecule has 3 rings (SSSR count). The van der Waals surface area contributed by atoms with E-state index >= 15 is 0 Å². The van der Waals surface area contributed by atoms with Crippen molar-refractivity contribution in [1.82, 2.24) is 14.8 Å². The molecule has 6 heteroatoms. The number of hydrogen-bond acceptors (Lipinski definition) is 3. The molecule has 1 aromatic carbocycles. The van der Waals surface area contributed by atoms with E-state index in [-0.39, 0.29) is 5.56 Å². The van der Waals surface area contributed by atoms with Crippen LogP contribution >= 0.6 is 0 Å². The van der Waals surface area contributed by atoms with Crippen molar-refractivity contribution in [1.29, 1.82) is 5.26 Å². The zero-order valence-corrected chi connectivity index (χ0v) is 9.66. The van der Waals surface area contributed by atoms with E-state index in [1.54, 1.807) is 18.3 Å². The van der Waals surface area contributed by atoms with Gasteiger partial charge in [0.05, 0.1) is 23.0 Å². The van der Waals surface area contributed by atoms with Gasteiger partial charge >= 0.3 is 5.97 Å². The summed E-state index contributed by atoms with van der Waals surface area (Å²) in [6, 6.07) is 7.52. The highest BCUT2D eigenvalue weighted by molar-refractivity contribution is 5.88. The van der Waals surface area contributed by atoms with Crippen LogP contribution in [0.5, 0.6) is 0 Å². The Kier molecular flexibility index (Phi) is 2.32. The van der Waals surface area contributed by atoms with Crippen LogP contribution in [0.4, 0.5) is 0 Å². The molecule has 0 aliphatic carbocycles. The Morgan fingerprint density at radius 2 is 2.32 bits per heavy atom. The lowest BCUT2D eigenvalue weighted by Gasteiger charge is -2.01. The predicted molar refractivity (Wildman–Crippen MR) is 67.1 cm³/mol. The number of hydrogen-bond donors (Lipinski definition) is 2. The number of aromatic nitrogens is 3. The molecule has 19 heavy (non-hydrogen) atoms. The van der Waals surface area contributed by atoms with Gasteiger partial charge in [-0.15, -0.1) is 0 Å². The number of benzene rings is 1.